The molecule has 1 aliphatic heterocycles. The zero-order valence-electron chi connectivity index (χ0n) is 12.8. The van der Waals surface area contributed by atoms with Crippen LogP contribution < -0.4 is 10.6 Å². The van der Waals surface area contributed by atoms with Crippen LogP contribution >= 0.6 is 0 Å². The first-order valence-electron chi connectivity index (χ1n) is 7.56. The van der Waals surface area contributed by atoms with Crippen molar-refractivity contribution >= 4 is 17.3 Å². The maximum atomic E-state index is 12.2. The summed E-state index contributed by atoms with van der Waals surface area (Å²) in [5.74, 6) is 0.000502. The summed E-state index contributed by atoms with van der Waals surface area (Å²) < 4.78 is 0. The van der Waals surface area contributed by atoms with E-state index in [-0.39, 0.29) is 11.6 Å². The molecule has 0 saturated carbocycles. The number of carbonyl (C=O) groups excluding carboxylic acids is 1. The molecule has 22 heavy (non-hydrogen) atoms. The number of hydrogen-bond donors (Lipinski definition) is 1. The summed E-state index contributed by atoms with van der Waals surface area (Å²) in [6, 6.07) is 6.16. The number of piperazine rings is 1. The minimum absolute atomic E-state index is 0.000502. The lowest BCUT2D eigenvalue weighted by atomic mass is 10.1. The predicted octanol–water partition coefficient (Wildman–Crippen LogP) is 1.37. The average Bonchev–Trinajstić information content (AvgIpc) is 2.54. The Kier molecular flexibility index (Phi) is 5.32. The van der Waals surface area contributed by atoms with Crippen LogP contribution in [0.2, 0.25) is 0 Å². The zero-order valence-corrected chi connectivity index (χ0v) is 12.8. The van der Waals surface area contributed by atoms with Crippen molar-refractivity contribution in [2.45, 2.75) is 25.8 Å². The molecule has 1 heterocycles. The van der Waals surface area contributed by atoms with Crippen LogP contribution in [0.1, 0.15) is 19.8 Å². The van der Waals surface area contributed by atoms with E-state index >= 15 is 0 Å². The second-order valence-corrected chi connectivity index (χ2v) is 5.48. The first-order chi connectivity index (χ1) is 10.5. The fourth-order valence-corrected chi connectivity index (χ4v) is 2.66. The lowest BCUT2D eigenvalue weighted by molar-refractivity contribution is -0.384. The number of carbonyl (C=O) groups is 1. The average molecular weight is 306 g/mol. The van der Waals surface area contributed by atoms with Gasteiger partial charge in [0.2, 0.25) is 5.91 Å². The van der Waals surface area contributed by atoms with Crippen molar-refractivity contribution in [1.82, 2.24) is 4.90 Å². The van der Waals surface area contributed by atoms with Gasteiger partial charge in [0.25, 0.3) is 5.69 Å². The number of non-ortho nitro benzene ring substituents is 1. The molecule has 0 spiro atoms. The highest BCUT2D eigenvalue weighted by Gasteiger charge is 2.25. The van der Waals surface area contributed by atoms with Gasteiger partial charge in [0, 0.05) is 44.0 Å². The molecule has 1 saturated heterocycles. The number of hydrogen-bond acceptors (Lipinski definition) is 5. The summed E-state index contributed by atoms with van der Waals surface area (Å²) in [5.41, 5.74) is 6.78. The molecule has 1 fully saturated rings. The van der Waals surface area contributed by atoms with Gasteiger partial charge in [0.05, 0.1) is 11.0 Å². The first-order valence-corrected chi connectivity index (χ1v) is 7.56. The van der Waals surface area contributed by atoms with Gasteiger partial charge < -0.3 is 15.5 Å². The molecule has 7 nitrogen and oxygen atoms in total. The Morgan fingerprint density at radius 1 is 1.36 bits per heavy atom. The number of rotatable bonds is 5. The summed E-state index contributed by atoms with van der Waals surface area (Å²) in [6.07, 6.45) is 1.59. The summed E-state index contributed by atoms with van der Waals surface area (Å²) in [4.78, 5) is 26.4. The third kappa shape index (κ3) is 3.73. The van der Waals surface area contributed by atoms with Gasteiger partial charge in [0.15, 0.2) is 0 Å². The van der Waals surface area contributed by atoms with Gasteiger partial charge >= 0.3 is 0 Å². The number of nitro groups is 1. The molecule has 1 aromatic carbocycles. The number of benzene rings is 1. The Balaban J connectivity index is 1.96. The van der Waals surface area contributed by atoms with Crippen molar-refractivity contribution in [2.75, 3.05) is 31.1 Å². The minimum Gasteiger partial charge on any atom is -0.368 e. The Hall–Kier alpha value is -2.15. The van der Waals surface area contributed by atoms with Gasteiger partial charge in [-0.2, -0.15) is 0 Å². The fraction of sp³-hybridized carbons (Fsp3) is 0.533. The SMILES string of the molecule is CCCC(N)C(=O)N1CCN(c2cccc([N+](=O)[O-])c2)CC1. The fourth-order valence-electron chi connectivity index (χ4n) is 2.66. The number of nitro benzene ring substituents is 1. The Labute approximate surface area is 129 Å². The highest BCUT2D eigenvalue weighted by atomic mass is 16.6. The predicted molar refractivity (Wildman–Crippen MR) is 84.8 cm³/mol. The van der Waals surface area contributed by atoms with E-state index in [1.54, 1.807) is 17.0 Å². The Morgan fingerprint density at radius 3 is 2.64 bits per heavy atom. The summed E-state index contributed by atoms with van der Waals surface area (Å²) >= 11 is 0. The maximum absolute atomic E-state index is 12.2. The molecule has 120 valence electrons. The van der Waals surface area contributed by atoms with Crippen LogP contribution in [0, 0.1) is 10.1 Å². The summed E-state index contributed by atoms with van der Waals surface area (Å²) in [5, 5.41) is 10.8. The van der Waals surface area contributed by atoms with Gasteiger partial charge in [-0.05, 0) is 12.5 Å². The molecule has 2 rings (SSSR count). The van der Waals surface area contributed by atoms with Crippen LogP contribution in [0.25, 0.3) is 0 Å². The molecular formula is C15H22N4O3. The van der Waals surface area contributed by atoms with E-state index in [0.717, 1.165) is 12.1 Å². The van der Waals surface area contributed by atoms with E-state index in [2.05, 4.69) is 4.90 Å². The zero-order chi connectivity index (χ0) is 16.1. The molecule has 0 aromatic heterocycles. The Bertz CT molecular complexity index is 541. The van der Waals surface area contributed by atoms with Crippen LogP contribution in [0.5, 0.6) is 0 Å². The minimum atomic E-state index is -0.422. The third-order valence-corrected chi connectivity index (χ3v) is 3.91. The molecule has 0 radical (unpaired) electrons. The number of amides is 1. The van der Waals surface area contributed by atoms with Gasteiger partial charge in [-0.3, -0.25) is 14.9 Å². The van der Waals surface area contributed by atoms with Gasteiger partial charge in [-0.1, -0.05) is 19.4 Å². The summed E-state index contributed by atoms with van der Waals surface area (Å²) in [6.45, 7) is 4.52. The van der Waals surface area contributed by atoms with Crippen molar-refractivity contribution in [3.63, 3.8) is 0 Å². The molecule has 0 bridgehead atoms. The van der Waals surface area contributed by atoms with Crippen molar-refractivity contribution in [1.29, 1.82) is 0 Å². The normalized spacial score (nSPS) is 16.5. The van der Waals surface area contributed by atoms with E-state index < -0.39 is 11.0 Å². The molecule has 1 amide bonds. The van der Waals surface area contributed by atoms with Crippen molar-refractivity contribution in [3.8, 4) is 0 Å². The smallest absolute Gasteiger partial charge is 0.271 e. The second kappa shape index (κ2) is 7.22. The molecular weight excluding hydrogens is 284 g/mol. The van der Waals surface area contributed by atoms with Crippen LogP contribution in [-0.4, -0.2) is 48.0 Å². The number of anilines is 1. The van der Waals surface area contributed by atoms with Crippen LogP contribution in [-0.2, 0) is 4.79 Å². The highest BCUT2D eigenvalue weighted by molar-refractivity contribution is 5.81. The number of nitrogens with two attached hydrogens (primary N) is 1. The number of nitrogens with zero attached hydrogens (tertiary/aromatic N) is 3. The van der Waals surface area contributed by atoms with Crippen molar-refractivity contribution < 1.29 is 9.72 Å². The van der Waals surface area contributed by atoms with E-state index in [1.165, 1.54) is 6.07 Å². The lowest BCUT2D eigenvalue weighted by Crippen LogP contribution is -2.53. The molecule has 7 heteroatoms. The van der Waals surface area contributed by atoms with Crippen molar-refractivity contribution in [3.05, 3.63) is 34.4 Å². The summed E-state index contributed by atoms with van der Waals surface area (Å²) in [7, 11) is 0. The van der Waals surface area contributed by atoms with Gasteiger partial charge in [0.1, 0.15) is 0 Å². The third-order valence-electron chi connectivity index (χ3n) is 3.91. The molecule has 1 unspecified atom stereocenters. The Morgan fingerprint density at radius 2 is 2.05 bits per heavy atom. The molecule has 1 aliphatic rings. The van der Waals surface area contributed by atoms with E-state index in [0.29, 0.717) is 32.6 Å². The van der Waals surface area contributed by atoms with E-state index in [1.807, 2.05) is 13.0 Å². The lowest BCUT2D eigenvalue weighted by Gasteiger charge is -2.37. The standard InChI is InChI=1S/C15H22N4O3/c1-2-4-14(16)15(20)18-9-7-17(8-10-18)12-5-3-6-13(11-12)19(21)22/h3,5-6,11,14H,2,4,7-10,16H2,1H3. The molecule has 1 atom stereocenters. The van der Waals surface area contributed by atoms with Crippen molar-refractivity contribution in [2.24, 2.45) is 5.73 Å². The van der Waals surface area contributed by atoms with Crippen LogP contribution in [0.15, 0.2) is 24.3 Å². The first kappa shape index (κ1) is 16.2. The van der Waals surface area contributed by atoms with E-state index in [4.69, 9.17) is 5.73 Å². The van der Waals surface area contributed by atoms with Gasteiger partial charge in [-0.15, -0.1) is 0 Å². The van der Waals surface area contributed by atoms with Crippen LogP contribution in [0.4, 0.5) is 11.4 Å². The second-order valence-electron chi connectivity index (χ2n) is 5.48. The maximum Gasteiger partial charge on any atom is 0.271 e. The monoisotopic (exact) mass is 306 g/mol. The highest BCUT2D eigenvalue weighted by Crippen LogP contribution is 2.22. The topological polar surface area (TPSA) is 92.7 Å². The largest absolute Gasteiger partial charge is 0.368 e. The quantitative estimate of drug-likeness (QED) is 0.655. The molecule has 1 aromatic rings. The van der Waals surface area contributed by atoms with Gasteiger partial charge in [-0.25, -0.2) is 0 Å². The van der Waals surface area contributed by atoms with Crippen LogP contribution in [0.3, 0.4) is 0 Å². The molecule has 0 aliphatic carbocycles. The van der Waals surface area contributed by atoms with E-state index in [9.17, 15) is 14.9 Å². The molecule has 2 N–H and O–H groups in total.